The van der Waals surface area contributed by atoms with E-state index < -0.39 is 5.95 Å². The number of nitrogens with zero attached hydrogens (tertiary/aromatic N) is 1. The van der Waals surface area contributed by atoms with Crippen LogP contribution in [-0.2, 0) is 13.2 Å². The third-order valence-corrected chi connectivity index (χ3v) is 2.07. The minimum atomic E-state index is -0.508. The number of halogens is 1. The van der Waals surface area contributed by atoms with Crippen molar-refractivity contribution in [2.24, 2.45) is 0 Å². The van der Waals surface area contributed by atoms with Gasteiger partial charge in [0.25, 0.3) is 0 Å². The third kappa shape index (κ3) is 2.58. The predicted octanol–water partition coefficient (Wildman–Crippen LogP) is 1.92. The molecule has 0 aliphatic rings. The largest absolute Gasteiger partial charge is 0.462 e. The molecule has 0 bridgehead atoms. The first-order valence-corrected chi connectivity index (χ1v) is 4.82. The molecular formula is C11H11FN2O2. The van der Waals surface area contributed by atoms with Crippen molar-refractivity contribution in [3.05, 3.63) is 47.9 Å². The molecule has 84 valence electrons. The third-order valence-electron chi connectivity index (χ3n) is 2.07. The van der Waals surface area contributed by atoms with Crippen molar-refractivity contribution in [3.8, 4) is 0 Å². The summed E-state index contributed by atoms with van der Waals surface area (Å²) in [7, 11) is 0. The summed E-state index contributed by atoms with van der Waals surface area (Å²) in [6.07, 6.45) is 1.41. The lowest BCUT2D eigenvalue weighted by molar-refractivity contribution is 0.244. The summed E-state index contributed by atoms with van der Waals surface area (Å²) < 4.78 is 17.8. The van der Waals surface area contributed by atoms with Crippen LogP contribution in [-0.4, -0.2) is 10.1 Å². The lowest BCUT2D eigenvalue weighted by Gasteiger charge is -2.02. The molecule has 0 saturated heterocycles. The number of pyridine rings is 1. The molecule has 2 heterocycles. The van der Waals surface area contributed by atoms with Crippen LogP contribution in [0.15, 0.2) is 34.9 Å². The van der Waals surface area contributed by atoms with Crippen LogP contribution in [0.3, 0.4) is 0 Å². The first-order chi connectivity index (χ1) is 7.78. The molecule has 0 aliphatic carbocycles. The van der Waals surface area contributed by atoms with Crippen LogP contribution in [0.5, 0.6) is 0 Å². The number of anilines is 1. The summed E-state index contributed by atoms with van der Waals surface area (Å²) in [5.74, 6) is 0.716. The number of aliphatic hydroxyl groups is 1. The van der Waals surface area contributed by atoms with Crippen molar-refractivity contribution in [1.29, 1.82) is 0 Å². The normalized spacial score (nSPS) is 10.4. The van der Waals surface area contributed by atoms with Crippen molar-refractivity contribution in [3.63, 3.8) is 0 Å². The van der Waals surface area contributed by atoms with Crippen LogP contribution >= 0.6 is 0 Å². The van der Waals surface area contributed by atoms with E-state index in [0.29, 0.717) is 23.8 Å². The SMILES string of the molecule is OCc1ccc(CNc2ccc(F)nc2)o1. The summed E-state index contributed by atoms with van der Waals surface area (Å²) in [6.45, 7) is 0.353. The fourth-order valence-corrected chi connectivity index (χ4v) is 1.27. The minimum absolute atomic E-state index is 0.113. The zero-order chi connectivity index (χ0) is 11.4. The van der Waals surface area contributed by atoms with Crippen molar-refractivity contribution < 1.29 is 13.9 Å². The highest BCUT2D eigenvalue weighted by Gasteiger charge is 2.01. The zero-order valence-corrected chi connectivity index (χ0v) is 8.48. The Labute approximate surface area is 91.7 Å². The molecule has 0 aromatic carbocycles. The molecule has 16 heavy (non-hydrogen) atoms. The van der Waals surface area contributed by atoms with Gasteiger partial charge in [-0.2, -0.15) is 4.39 Å². The van der Waals surface area contributed by atoms with E-state index >= 15 is 0 Å². The second-order valence-electron chi connectivity index (χ2n) is 3.25. The van der Waals surface area contributed by atoms with Gasteiger partial charge in [0.15, 0.2) is 0 Å². The maximum Gasteiger partial charge on any atom is 0.212 e. The molecule has 0 fully saturated rings. The van der Waals surface area contributed by atoms with E-state index in [1.165, 1.54) is 12.3 Å². The van der Waals surface area contributed by atoms with E-state index in [-0.39, 0.29) is 6.61 Å². The molecule has 0 saturated carbocycles. The Morgan fingerprint density at radius 2 is 2.06 bits per heavy atom. The average Bonchev–Trinajstić information content (AvgIpc) is 2.76. The molecule has 2 N–H and O–H groups in total. The summed E-state index contributed by atoms with van der Waals surface area (Å²) in [4.78, 5) is 3.51. The Bertz CT molecular complexity index is 453. The maximum absolute atomic E-state index is 12.5. The summed E-state index contributed by atoms with van der Waals surface area (Å²) in [5, 5.41) is 11.8. The molecule has 4 nitrogen and oxygen atoms in total. The molecular weight excluding hydrogens is 211 g/mol. The fraction of sp³-hybridized carbons (Fsp3) is 0.182. The molecule has 2 aromatic heterocycles. The zero-order valence-electron chi connectivity index (χ0n) is 8.48. The second-order valence-corrected chi connectivity index (χ2v) is 3.25. The number of rotatable bonds is 4. The van der Waals surface area contributed by atoms with Crippen molar-refractivity contribution >= 4 is 5.69 Å². The number of nitrogens with one attached hydrogen (secondary N) is 1. The monoisotopic (exact) mass is 222 g/mol. The van der Waals surface area contributed by atoms with Gasteiger partial charge in [-0.25, -0.2) is 4.98 Å². The van der Waals surface area contributed by atoms with Gasteiger partial charge in [0.1, 0.15) is 18.1 Å². The Morgan fingerprint density at radius 1 is 1.25 bits per heavy atom. The number of furan rings is 1. The Morgan fingerprint density at radius 3 is 2.69 bits per heavy atom. The van der Waals surface area contributed by atoms with E-state index in [0.717, 1.165) is 0 Å². The van der Waals surface area contributed by atoms with E-state index in [2.05, 4.69) is 10.3 Å². The van der Waals surface area contributed by atoms with Crippen molar-refractivity contribution in [2.45, 2.75) is 13.2 Å². The van der Waals surface area contributed by atoms with Gasteiger partial charge >= 0.3 is 0 Å². The van der Waals surface area contributed by atoms with Crippen molar-refractivity contribution in [1.82, 2.24) is 4.98 Å². The van der Waals surface area contributed by atoms with E-state index in [1.54, 1.807) is 18.2 Å². The van der Waals surface area contributed by atoms with Gasteiger partial charge in [-0.15, -0.1) is 0 Å². The molecule has 0 radical (unpaired) electrons. The highest BCUT2D eigenvalue weighted by atomic mass is 19.1. The predicted molar refractivity (Wildman–Crippen MR) is 56.2 cm³/mol. The van der Waals surface area contributed by atoms with Gasteiger partial charge in [-0.1, -0.05) is 0 Å². The topological polar surface area (TPSA) is 58.3 Å². The van der Waals surface area contributed by atoms with Crippen LogP contribution in [0.25, 0.3) is 0 Å². The van der Waals surface area contributed by atoms with Crippen LogP contribution < -0.4 is 5.32 Å². The van der Waals surface area contributed by atoms with E-state index in [4.69, 9.17) is 9.52 Å². The molecule has 0 spiro atoms. The van der Waals surface area contributed by atoms with Crippen LogP contribution in [0.1, 0.15) is 11.5 Å². The number of aliphatic hydroxyl groups excluding tert-OH is 1. The second kappa shape index (κ2) is 4.76. The van der Waals surface area contributed by atoms with Gasteiger partial charge in [0.2, 0.25) is 5.95 Å². The number of aromatic nitrogens is 1. The number of hydrogen-bond acceptors (Lipinski definition) is 4. The molecule has 5 heteroatoms. The van der Waals surface area contributed by atoms with Crippen molar-refractivity contribution in [2.75, 3.05) is 5.32 Å². The summed E-state index contributed by atoms with van der Waals surface area (Å²) in [5.41, 5.74) is 0.711. The molecule has 2 aromatic rings. The van der Waals surface area contributed by atoms with Crippen LogP contribution in [0.4, 0.5) is 10.1 Å². The highest BCUT2D eigenvalue weighted by molar-refractivity contribution is 5.40. The van der Waals surface area contributed by atoms with E-state index in [9.17, 15) is 4.39 Å². The molecule has 0 unspecified atom stereocenters. The lowest BCUT2D eigenvalue weighted by atomic mass is 10.4. The van der Waals surface area contributed by atoms with Gasteiger partial charge < -0.3 is 14.8 Å². The van der Waals surface area contributed by atoms with Gasteiger partial charge in [-0.05, 0) is 24.3 Å². The number of hydrogen-bond donors (Lipinski definition) is 2. The van der Waals surface area contributed by atoms with Gasteiger partial charge in [0.05, 0.1) is 18.4 Å². The highest BCUT2D eigenvalue weighted by Crippen LogP contribution is 2.11. The van der Waals surface area contributed by atoms with E-state index in [1.807, 2.05) is 0 Å². The van der Waals surface area contributed by atoms with Gasteiger partial charge in [-0.3, -0.25) is 0 Å². The summed E-state index contributed by atoms with van der Waals surface area (Å²) in [6, 6.07) is 6.36. The Balaban J connectivity index is 1.94. The Hall–Kier alpha value is -1.88. The molecule has 0 amide bonds. The quantitative estimate of drug-likeness (QED) is 0.776. The standard InChI is InChI=1S/C11H11FN2O2/c12-11-4-1-8(5-14-11)13-6-9-2-3-10(7-15)16-9/h1-5,13,15H,6-7H2. The first-order valence-electron chi connectivity index (χ1n) is 4.82. The van der Waals surface area contributed by atoms with Crippen LogP contribution in [0.2, 0.25) is 0 Å². The molecule has 0 atom stereocenters. The minimum Gasteiger partial charge on any atom is -0.462 e. The summed E-state index contributed by atoms with van der Waals surface area (Å²) >= 11 is 0. The fourth-order valence-electron chi connectivity index (χ4n) is 1.27. The first kappa shape index (κ1) is 10.6. The molecule has 2 rings (SSSR count). The average molecular weight is 222 g/mol. The lowest BCUT2D eigenvalue weighted by Crippen LogP contribution is -1.98. The van der Waals surface area contributed by atoms with Gasteiger partial charge in [0, 0.05) is 0 Å². The maximum atomic E-state index is 12.5. The Kier molecular flexibility index (Phi) is 3.16. The molecule has 0 aliphatic heterocycles. The van der Waals surface area contributed by atoms with Crippen LogP contribution in [0, 0.1) is 5.95 Å². The smallest absolute Gasteiger partial charge is 0.212 e.